The first-order chi connectivity index (χ1) is 9.01. The molecule has 6 heteroatoms. The van der Waals surface area contributed by atoms with E-state index in [-0.39, 0.29) is 24.5 Å². The van der Waals surface area contributed by atoms with Gasteiger partial charge >= 0.3 is 11.9 Å². The van der Waals surface area contributed by atoms with Crippen molar-refractivity contribution in [2.24, 2.45) is 0 Å². The average molecular weight is 270 g/mol. The second-order valence-electron chi connectivity index (χ2n) is 3.64. The number of carbonyl (C=O) groups is 2. The number of ether oxygens (including phenoxy) is 2. The highest BCUT2D eigenvalue weighted by Crippen LogP contribution is 2.25. The minimum Gasteiger partial charge on any atom is -0.508 e. The van der Waals surface area contributed by atoms with Crippen LogP contribution >= 0.6 is 0 Å². The summed E-state index contributed by atoms with van der Waals surface area (Å²) < 4.78 is 23.2. The molecule has 1 aromatic carbocycles. The molecule has 104 valence electrons. The molecule has 0 unspecified atom stereocenters. The lowest BCUT2D eigenvalue weighted by molar-refractivity contribution is -0.157. The fourth-order valence-electron chi connectivity index (χ4n) is 1.55. The lowest BCUT2D eigenvalue weighted by atomic mass is 9.98. The third-order valence-corrected chi connectivity index (χ3v) is 2.34. The Morgan fingerprint density at radius 1 is 1.21 bits per heavy atom. The molecule has 0 spiro atoms. The molecule has 19 heavy (non-hydrogen) atoms. The molecule has 5 nitrogen and oxygen atoms in total. The van der Waals surface area contributed by atoms with Gasteiger partial charge < -0.3 is 14.6 Å². The second kappa shape index (κ2) is 6.72. The Morgan fingerprint density at radius 3 is 2.16 bits per heavy atom. The van der Waals surface area contributed by atoms with Crippen LogP contribution in [0.4, 0.5) is 4.39 Å². The fraction of sp³-hybridized carbons (Fsp3) is 0.385. The number of halogens is 1. The SMILES string of the molecule is CCOC(=O)C(C(=O)OCC)c1ccc(O)cc1F. The van der Waals surface area contributed by atoms with E-state index in [1.54, 1.807) is 13.8 Å². The van der Waals surface area contributed by atoms with Gasteiger partial charge in [-0.15, -0.1) is 0 Å². The van der Waals surface area contributed by atoms with E-state index >= 15 is 0 Å². The molecule has 0 aliphatic rings. The fourth-order valence-corrected chi connectivity index (χ4v) is 1.55. The normalized spacial score (nSPS) is 10.3. The van der Waals surface area contributed by atoms with E-state index in [1.807, 2.05) is 0 Å². The van der Waals surface area contributed by atoms with Crippen LogP contribution in [0.5, 0.6) is 5.75 Å². The molecule has 0 heterocycles. The van der Waals surface area contributed by atoms with Crippen molar-refractivity contribution < 1.29 is 28.6 Å². The highest BCUT2D eigenvalue weighted by molar-refractivity contribution is 6.00. The molecule has 0 atom stereocenters. The standard InChI is InChI=1S/C13H15FO5/c1-3-18-12(16)11(13(17)19-4-2)9-6-5-8(15)7-10(9)14/h5-7,11,15H,3-4H2,1-2H3. The summed E-state index contributed by atoms with van der Waals surface area (Å²) in [4.78, 5) is 23.5. The predicted molar refractivity (Wildman–Crippen MR) is 64.1 cm³/mol. The van der Waals surface area contributed by atoms with Gasteiger partial charge in [0, 0.05) is 11.6 Å². The van der Waals surface area contributed by atoms with E-state index < -0.39 is 23.7 Å². The van der Waals surface area contributed by atoms with Crippen molar-refractivity contribution in [2.45, 2.75) is 19.8 Å². The minimum absolute atomic E-state index is 0.0639. The number of esters is 2. The Balaban J connectivity index is 3.14. The Morgan fingerprint density at radius 2 is 1.74 bits per heavy atom. The summed E-state index contributed by atoms with van der Waals surface area (Å²) in [6.45, 7) is 3.28. The molecule has 0 fully saturated rings. The largest absolute Gasteiger partial charge is 0.508 e. The summed E-state index contributed by atoms with van der Waals surface area (Å²) in [5.74, 6) is -4.42. The zero-order chi connectivity index (χ0) is 14.4. The van der Waals surface area contributed by atoms with E-state index in [0.29, 0.717) is 0 Å². The van der Waals surface area contributed by atoms with Crippen molar-refractivity contribution in [1.82, 2.24) is 0 Å². The Kier molecular flexibility index (Phi) is 5.29. The van der Waals surface area contributed by atoms with Crippen LogP contribution in [0.15, 0.2) is 18.2 Å². The summed E-state index contributed by atoms with van der Waals surface area (Å²) in [7, 11) is 0. The Labute approximate surface area is 109 Å². The first kappa shape index (κ1) is 14.9. The quantitative estimate of drug-likeness (QED) is 0.651. The molecule has 0 radical (unpaired) electrons. The molecule has 1 N–H and O–H groups in total. The summed E-state index contributed by atoms with van der Waals surface area (Å²) >= 11 is 0. The molecule has 1 rings (SSSR count). The van der Waals surface area contributed by atoms with Gasteiger partial charge in [0.15, 0.2) is 5.92 Å². The average Bonchev–Trinajstić information content (AvgIpc) is 2.33. The zero-order valence-electron chi connectivity index (χ0n) is 10.7. The van der Waals surface area contributed by atoms with Gasteiger partial charge in [-0.05, 0) is 19.9 Å². The van der Waals surface area contributed by atoms with Gasteiger partial charge in [-0.2, -0.15) is 0 Å². The van der Waals surface area contributed by atoms with Crippen LogP contribution in [0, 0.1) is 5.82 Å². The maximum atomic E-state index is 13.7. The number of hydrogen-bond donors (Lipinski definition) is 1. The number of phenols is 1. The number of hydrogen-bond acceptors (Lipinski definition) is 5. The maximum absolute atomic E-state index is 13.7. The smallest absolute Gasteiger partial charge is 0.324 e. The van der Waals surface area contributed by atoms with E-state index in [9.17, 15) is 14.0 Å². The minimum atomic E-state index is -1.49. The number of aromatic hydroxyl groups is 1. The monoisotopic (exact) mass is 270 g/mol. The van der Waals surface area contributed by atoms with Crippen LogP contribution < -0.4 is 0 Å². The van der Waals surface area contributed by atoms with Crippen LogP contribution in [0.3, 0.4) is 0 Å². The summed E-state index contributed by atoms with van der Waals surface area (Å²) in [6, 6.07) is 3.16. The number of carbonyl (C=O) groups excluding carboxylic acids is 2. The van der Waals surface area contributed by atoms with Crippen LogP contribution in [0.1, 0.15) is 25.3 Å². The molecular formula is C13H15FO5. The molecule has 0 saturated carbocycles. The Hall–Kier alpha value is -2.11. The van der Waals surface area contributed by atoms with Crippen molar-refractivity contribution in [1.29, 1.82) is 0 Å². The third kappa shape index (κ3) is 3.67. The lowest BCUT2D eigenvalue weighted by Crippen LogP contribution is -2.27. The number of benzene rings is 1. The van der Waals surface area contributed by atoms with Crippen LogP contribution in [0.25, 0.3) is 0 Å². The summed E-state index contributed by atoms with van der Waals surface area (Å²) in [5, 5.41) is 9.13. The van der Waals surface area contributed by atoms with E-state index in [0.717, 1.165) is 12.1 Å². The highest BCUT2D eigenvalue weighted by atomic mass is 19.1. The lowest BCUT2D eigenvalue weighted by Gasteiger charge is -2.15. The summed E-state index contributed by atoms with van der Waals surface area (Å²) in [6.07, 6.45) is 0. The molecule has 0 aromatic heterocycles. The second-order valence-corrected chi connectivity index (χ2v) is 3.64. The van der Waals surface area contributed by atoms with Gasteiger partial charge in [-0.3, -0.25) is 9.59 Å². The molecule has 0 aliphatic carbocycles. The van der Waals surface area contributed by atoms with Crippen LogP contribution in [-0.4, -0.2) is 30.3 Å². The third-order valence-electron chi connectivity index (χ3n) is 2.34. The molecule has 1 aromatic rings. The van der Waals surface area contributed by atoms with Gasteiger partial charge in [0.25, 0.3) is 0 Å². The van der Waals surface area contributed by atoms with Gasteiger partial charge in [-0.25, -0.2) is 4.39 Å². The maximum Gasteiger partial charge on any atom is 0.324 e. The van der Waals surface area contributed by atoms with E-state index in [1.165, 1.54) is 6.07 Å². The highest BCUT2D eigenvalue weighted by Gasteiger charge is 2.33. The molecule has 0 amide bonds. The van der Waals surface area contributed by atoms with Crippen molar-refractivity contribution >= 4 is 11.9 Å². The van der Waals surface area contributed by atoms with Gasteiger partial charge in [0.1, 0.15) is 11.6 Å². The van der Waals surface area contributed by atoms with Crippen molar-refractivity contribution in [3.05, 3.63) is 29.6 Å². The Bertz CT molecular complexity index is 454. The first-order valence-corrected chi connectivity index (χ1v) is 5.82. The molecule has 0 saturated heterocycles. The zero-order valence-corrected chi connectivity index (χ0v) is 10.7. The first-order valence-electron chi connectivity index (χ1n) is 5.82. The van der Waals surface area contributed by atoms with Gasteiger partial charge in [-0.1, -0.05) is 6.07 Å². The topological polar surface area (TPSA) is 72.8 Å². The molecular weight excluding hydrogens is 255 g/mol. The van der Waals surface area contributed by atoms with Crippen LogP contribution in [0.2, 0.25) is 0 Å². The van der Waals surface area contributed by atoms with Crippen LogP contribution in [-0.2, 0) is 19.1 Å². The predicted octanol–water partition coefficient (Wildman–Crippen LogP) is 1.74. The van der Waals surface area contributed by atoms with E-state index in [2.05, 4.69) is 0 Å². The van der Waals surface area contributed by atoms with E-state index in [4.69, 9.17) is 14.6 Å². The molecule has 0 bridgehead atoms. The van der Waals surface area contributed by atoms with Crippen molar-refractivity contribution in [2.75, 3.05) is 13.2 Å². The van der Waals surface area contributed by atoms with Crippen molar-refractivity contribution in [3.8, 4) is 5.75 Å². The van der Waals surface area contributed by atoms with Gasteiger partial charge in [0.2, 0.25) is 0 Å². The summed E-state index contributed by atoms with van der Waals surface area (Å²) in [5.41, 5.74) is -0.185. The number of rotatable bonds is 5. The molecule has 0 aliphatic heterocycles. The van der Waals surface area contributed by atoms with Gasteiger partial charge in [0.05, 0.1) is 13.2 Å². The van der Waals surface area contributed by atoms with Crippen molar-refractivity contribution in [3.63, 3.8) is 0 Å². The number of phenolic OH excluding ortho intramolecular Hbond substituents is 1.